The van der Waals surface area contributed by atoms with Crippen molar-refractivity contribution in [2.45, 2.75) is 64.8 Å². The summed E-state index contributed by atoms with van der Waals surface area (Å²) in [5.74, 6) is 1.02. The Hall–Kier alpha value is -0.0400. The summed E-state index contributed by atoms with van der Waals surface area (Å²) in [5.41, 5.74) is 1.07. The Bertz CT molecular complexity index is 192. The number of hydrogen-bond donors (Lipinski definition) is 1. The highest BCUT2D eigenvalue weighted by Crippen LogP contribution is 2.47. The van der Waals surface area contributed by atoms with Gasteiger partial charge in [-0.1, -0.05) is 20.8 Å². The SMILES string of the molecule is CC(C)(C)CCC1(C2CC2)CCCN1. The van der Waals surface area contributed by atoms with Crippen LogP contribution in [0, 0.1) is 11.3 Å². The molecule has 82 valence electrons. The van der Waals surface area contributed by atoms with Gasteiger partial charge in [0, 0.05) is 5.54 Å². The molecule has 2 fully saturated rings. The third kappa shape index (κ3) is 2.31. The second kappa shape index (κ2) is 3.52. The first kappa shape index (κ1) is 10.5. The van der Waals surface area contributed by atoms with Crippen LogP contribution in [-0.2, 0) is 0 Å². The lowest BCUT2D eigenvalue weighted by Gasteiger charge is -2.33. The molecule has 0 spiro atoms. The fourth-order valence-corrected chi connectivity index (χ4v) is 2.83. The van der Waals surface area contributed by atoms with Gasteiger partial charge in [-0.2, -0.15) is 0 Å². The second-order valence-electron chi connectivity index (χ2n) is 6.52. The molecule has 0 aromatic carbocycles. The minimum Gasteiger partial charge on any atom is -0.311 e. The zero-order chi connectivity index (χ0) is 10.2. The van der Waals surface area contributed by atoms with E-state index < -0.39 is 0 Å². The molecule has 1 N–H and O–H groups in total. The van der Waals surface area contributed by atoms with Crippen LogP contribution in [0.3, 0.4) is 0 Å². The molecular formula is C13H25N. The van der Waals surface area contributed by atoms with E-state index in [-0.39, 0.29) is 0 Å². The van der Waals surface area contributed by atoms with E-state index in [2.05, 4.69) is 26.1 Å². The highest BCUT2D eigenvalue weighted by molar-refractivity contribution is 5.04. The smallest absolute Gasteiger partial charge is 0.0210 e. The van der Waals surface area contributed by atoms with E-state index in [9.17, 15) is 0 Å². The second-order valence-corrected chi connectivity index (χ2v) is 6.52. The normalized spacial score (nSPS) is 33.6. The van der Waals surface area contributed by atoms with Crippen LogP contribution >= 0.6 is 0 Å². The Kier molecular flexibility index (Phi) is 2.63. The Morgan fingerprint density at radius 1 is 1.29 bits per heavy atom. The van der Waals surface area contributed by atoms with Crippen LogP contribution in [0.5, 0.6) is 0 Å². The topological polar surface area (TPSA) is 12.0 Å². The molecule has 1 saturated carbocycles. The maximum atomic E-state index is 3.80. The molecule has 2 aliphatic rings. The summed E-state index contributed by atoms with van der Waals surface area (Å²) < 4.78 is 0. The van der Waals surface area contributed by atoms with Gasteiger partial charge in [-0.05, 0) is 56.4 Å². The van der Waals surface area contributed by atoms with E-state index >= 15 is 0 Å². The summed E-state index contributed by atoms with van der Waals surface area (Å²) in [5, 5.41) is 3.80. The van der Waals surface area contributed by atoms with E-state index in [1.54, 1.807) is 0 Å². The van der Waals surface area contributed by atoms with Gasteiger partial charge in [0.2, 0.25) is 0 Å². The van der Waals surface area contributed by atoms with Crippen molar-refractivity contribution in [1.29, 1.82) is 0 Å². The van der Waals surface area contributed by atoms with Crippen LogP contribution in [-0.4, -0.2) is 12.1 Å². The zero-order valence-corrected chi connectivity index (χ0v) is 10.0. The van der Waals surface area contributed by atoms with Crippen molar-refractivity contribution >= 4 is 0 Å². The van der Waals surface area contributed by atoms with Crippen molar-refractivity contribution in [2.75, 3.05) is 6.54 Å². The van der Waals surface area contributed by atoms with Crippen LogP contribution < -0.4 is 5.32 Å². The van der Waals surface area contributed by atoms with E-state index in [1.165, 1.54) is 45.1 Å². The molecular weight excluding hydrogens is 170 g/mol. The van der Waals surface area contributed by atoms with Crippen molar-refractivity contribution in [3.8, 4) is 0 Å². The predicted octanol–water partition coefficient (Wildman–Crippen LogP) is 3.34. The van der Waals surface area contributed by atoms with Crippen LogP contribution in [0.4, 0.5) is 0 Å². The van der Waals surface area contributed by atoms with Crippen LogP contribution in [0.25, 0.3) is 0 Å². The molecule has 0 radical (unpaired) electrons. The predicted molar refractivity (Wildman–Crippen MR) is 61.4 cm³/mol. The van der Waals surface area contributed by atoms with Gasteiger partial charge in [-0.15, -0.1) is 0 Å². The number of nitrogens with one attached hydrogen (secondary N) is 1. The minimum absolute atomic E-state index is 0.506. The van der Waals surface area contributed by atoms with Crippen molar-refractivity contribution < 1.29 is 0 Å². The molecule has 1 heteroatoms. The maximum Gasteiger partial charge on any atom is 0.0210 e. The molecule has 0 aromatic rings. The summed E-state index contributed by atoms with van der Waals surface area (Å²) in [6.45, 7) is 8.36. The maximum absolute atomic E-state index is 3.80. The molecule has 1 saturated heterocycles. The average molecular weight is 195 g/mol. The summed E-state index contributed by atoms with van der Waals surface area (Å²) in [7, 11) is 0. The lowest BCUT2D eigenvalue weighted by atomic mass is 9.80. The van der Waals surface area contributed by atoms with Crippen molar-refractivity contribution in [3.05, 3.63) is 0 Å². The van der Waals surface area contributed by atoms with E-state index in [4.69, 9.17) is 0 Å². The molecule has 0 bridgehead atoms. The van der Waals surface area contributed by atoms with Gasteiger partial charge >= 0.3 is 0 Å². The highest BCUT2D eigenvalue weighted by Gasteiger charge is 2.46. The van der Waals surface area contributed by atoms with Gasteiger partial charge in [0.15, 0.2) is 0 Å². The standard InChI is InChI=1S/C13H25N/c1-12(2,3)8-9-13(11-5-6-11)7-4-10-14-13/h11,14H,4-10H2,1-3H3. The lowest BCUT2D eigenvalue weighted by molar-refractivity contribution is 0.243. The van der Waals surface area contributed by atoms with Crippen LogP contribution in [0.2, 0.25) is 0 Å². The average Bonchev–Trinajstić information content (AvgIpc) is 2.83. The molecule has 1 nitrogen and oxygen atoms in total. The van der Waals surface area contributed by atoms with E-state index in [0.29, 0.717) is 11.0 Å². The lowest BCUT2D eigenvalue weighted by Crippen LogP contribution is -2.42. The largest absolute Gasteiger partial charge is 0.311 e. The van der Waals surface area contributed by atoms with Gasteiger partial charge in [-0.3, -0.25) is 0 Å². The molecule has 14 heavy (non-hydrogen) atoms. The Morgan fingerprint density at radius 3 is 2.43 bits per heavy atom. The fraction of sp³-hybridized carbons (Fsp3) is 1.00. The van der Waals surface area contributed by atoms with Crippen LogP contribution in [0.1, 0.15) is 59.3 Å². The van der Waals surface area contributed by atoms with Crippen molar-refractivity contribution in [2.24, 2.45) is 11.3 Å². The number of hydrogen-bond acceptors (Lipinski definition) is 1. The summed E-state index contributed by atoms with van der Waals surface area (Å²) in [4.78, 5) is 0. The number of rotatable bonds is 3. The third-order valence-electron chi connectivity index (χ3n) is 3.96. The molecule has 2 rings (SSSR count). The van der Waals surface area contributed by atoms with E-state index in [0.717, 1.165) is 5.92 Å². The van der Waals surface area contributed by atoms with Gasteiger partial charge < -0.3 is 5.32 Å². The van der Waals surface area contributed by atoms with Crippen molar-refractivity contribution in [1.82, 2.24) is 5.32 Å². The molecule has 0 amide bonds. The summed E-state index contributed by atoms with van der Waals surface area (Å²) in [6, 6.07) is 0. The Labute approximate surface area is 88.7 Å². The monoisotopic (exact) mass is 195 g/mol. The molecule has 1 aliphatic carbocycles. The fourth-order valence-electron chi connectivity index (χ4n) is 2.83. The van der Waals surface area contributed by atoms with Gasteiger partial charge in [-0.25, -0.2) is 0 Å². The summed E-state index contributed by atoms with van der Waals surface area (Å²) in [6.07, 6.45) is 8.58. The van der Waals surface area contributed by atoms with Gasteiger partial charge in [0.05, 0.1) is 0 Å². The molecule has 0 aromatic heterocycles. The first-order valence-electron chi connectivity index (χ1n) is 6.27. The quantitative estimate of drug-likeness (QED) is 0.728. The zero-order valence-electron chi connectivity index (χ0n) is 10.0. The first-order chi connectivity index (χ1) is 6.52. The Morgan fingerprint density at radius 2 is 2.00 bits per heavy atom. The summed E-state index contributed by atoms with van der Waals surface area (Å²) >= 11 is 0. The van der Waals surface area contributed by atoms with Gasteiger partial charge in [0.1, 0.15) is 0 Å². The van der Waals surface area contributed by atoms with Crippen molar-refractivity contribution in [3.63, 3.8) is 0 Å². The molecule has 1 unspecified atom stereocenters. The van der Waals surface area contributed by atoms with E-state index in [1.807, 2.05) is 0 Å². The minimum atomic E-state index is 0.506. The highest BCUT2D eigenvalue weighted by atomic mass is 15.0. The molecule has 1 aliphatic heterocycles. The van der Waals surface area contributed by atoms with Gasteiger partial charge in [0.25, 0.3) is 0 Å². The van der Waals surface area contributed by atoms with Crippen LogP contribution in [0.15, 0.2) is 0 Å². The molecule has 1 atom stereocenters. The first-order valence-corrected chi connectivity index (χ1v) is 6.27. The molecule has 1 heterocycles. The third-order valence-corrected chi connectivity index (χ3v) is 3.96. The Balaban J connectivity index is 1.91.